The van der Waals surface area contributed by atoms with Gasteiger partial charge in [0, 0.05) is 27.8 Å². The molecule has 2 aromatic heterocycles. The van der Waals surface area contributed by atoms with E-state index in [1.54, 1.807) is 12.3 Å². The van der Waals surface area contributed by atoms with Gasteiger partial charge in [-0.15, -0.1) is 0 Å². The normalized spacial score (nSPS) is 11.0. The van der Waals surface area contributed by atoms with Crippen molar-refractivity contribution in [3.8, 4) is 0 Å². The highest BCUT2D eigenvalue weighted by Gasteiger charge is 2.33. The summed E-state index contributed by atoms with van der Waals surface area (Å²) in [6.07, 6.45) is 3.09. The predicted octanol–water partition coefficient (Wildman–Crippen LogP) is 4.90. The molecular formula is C11H10BrCl3N2O. The average Bonchev–Trinajstić information content (AvgIpc) is 2.72. The number of fused-ring (bicyclic) bond motifs is 1. The molecule has 0 bridgehead atoms. The molecule has 2 heterocycles. The summed E-state index contributed by atoms with van der Waals surface area (Å²) in [6, 6.07) is 1.74. The number of ketones is 1. The SMILES string of the molecule is CC.O=C(c1c[nH]c2ncc(Br)cc12)C(Cl)(Cl)Cl. The highest BCUT2D eigenvalue weighted by molar-refractivity contribution is 9.10. The van der Waals surface area contributed by atoms with Crippen LogP contribution in [0, 0.1) is 0 Å². The molecule has 0 atom stereocenters. The lowest BCUT2D eigenvalue weighted by molar-refractivity contribution is 0.0998. The van der Waals surface area contributed by atoms with Crippen LogP contribution < -0.4 is 0 Å². The predicted molar refractivity (Wildman–Crippen MR) is 79.8 cm³/mol. The van der Waals surface area contributed by atoms with Crippen LogP contribution >= 0.6 is 50.7 Å². The largest absolute Gasteiger partial charge is 0.345 e. The number of nitrogens with one attached hydrogen (secondary N) is 1. The molecule has 2 aromatic rings. The van der Waals surface area contributed by atoms with Gasteiger partial charge in [0.1, 0.15) is 5.65 Å². The number of aromatic amines is 1. The number of nitrogens with zero attached hydrogens (tertiary/aromatic N) is 1. The van der Waals surface area contributed by atoms with Gasteiger partial charge in [-0.3, -0.25) is 4.79 Å². The van der Waals surface area contributed by atoms with Crippen molar-refractivity contribution in [2.45, 2.75) is 17.6 Å². The quantitative estimate of drug-likeness (QED) is 0.571. The third kappa shape index (κ3) is 3.38. The second kappa shape index (κ2) is 6.24. The summed E-state index contributed by atoms with van der Waals surface area (Å²) >= 11 is 19.9. The number of hydrogen-bond donors (Lipinski definition) is 1. The minimum absolute atomic E-state index is 0.309. The van der Waals surface area contributed by atoms with Crippen LogP contribution in [0.25, 0.3) is 11.0 Å². The van der Waals surface area contributed by atoms with Crippen LogP contribution in [0.3, 0.4) is 0 Å². The van der Waals surface area contributed by atoms with Crippen LogP contribution in [0.15, 0.2) is 22.9 Å². The van der Waals surface area contributed by atoms with Gasteiger partial charge in [0.15, 0.2) is 0 Å². The number of alkyl halides is 3. The van der Waals surface area contributed by atoms with Crippen molar-refractivity contribution < 1.29 is 4.79 Å². The monoisotopic (exact) mass is 370 g/mol. The van der Waals surface area contributed by atoms with Gasteiger partial charge < -0.3 is 4.98 Å². The fraction of sp³-hybridized carbons (Fsp3) is 0.273. The molecule has 0 amide bonds. The van der Waals surface area contributed by atoms with E-state index >= 15 is 0 Å². The lowest BCUT2D eigenvalue weighted by Gasteiger charge is -2.07. The summed E-state index contributed by atoms with van der Waals surface area (Å²) in [5, 5.41) is 0.616. The standard InChI is InChI=1S/C9H4BrCl3N2O.C2H6/c10-4-1-5-6(7(16)9(11,12)13)3-15-8(5)14-2-4;1-2/h1-3H,(H,14,15);1-2H3. The number of pyridine rings is 1. The molecule has 0 saturated carbocycles. The highest BCUT2D eigenvalue weighted by Crippen LogP contribution is 2.33. The van der Waals surface area contributed by atoms with Gasteiger partial charge in [0.05, 0.1) is 0 Å². The summed E-state index contributed by atoms with van der Waals surface area (Å²) in [6.45, 7) is 4.00. The molecule has 1 N–H and O–H groups in total. The average molecular weight is 372 g/mol. The van der Waals surface area contributed by atoms with Gasteiger partial charge in [-0.1, -0.05) is 48.7 Å². The third-order valence-corrected chi connectivity index (χ3v) is 2.95. The van der Waals surface area contributed by atoms with Crippen LogP contribution in [0.1, 0.15) is 24.2 Å². The fourth-order valence-corrected chi connectivity index (χ4v) is 1.96. The molecule has 7 heteroatoms. The molecule has 0 radical (unpaired) electrons. The minimum atomic E-state index is -1.96. The molecule has 0 spiro atoms. The minimum Gasteiger partial charge on any atom is -0.345 e. The summed E-state index contributed by atoms with van der Waals surface area (Å²) in [4.78, 5) is 18.7. The maximum absolute atomic E-state index is 11.8. The highest BCUT2D eigenvalue weighted by atomic mass is 79.9. The zero-order valence-electron chi connectivity index (χ0n) is 9.60. The Labute approximate surface area is 128 Å². The molecule has 98 valence electrons. The number of Topliss-reactive ketones (excluding diaryl/α,β-unsaturated/α-hetero) is 1. The first-order valence-corrected chi connectivity index (χ1v) is 7.06. The molecular weight excluding hydrogens is 362 g/mol. The summed E-state index contributed by atoms with van der Waals surface area (Å²) in [5.74, 6) is -0.580. The molecule has 18 heavy (non-hydrogen) atoms. The van der Waals surface area contributed by atoms with Crippen LogP contribution in [-0.2, 0) is 0 Å². The smallest absolute Gasteiger partial charge is 0.253 e. The Morgan fingerprint density at radius 3 is 2.56 bits per heavy atom. The van der Waals surface area contributed by atoms with E-state index in [0.29, 0.717) is 16.6 Å². The number of rotatable bonds is 1. The Balaban J connectivity index is 0.000000771. The van der Waals surface area contributed by atoms with E-state index in [2.05, 4.69) is 25.9 Å². The first-order valence-electron chi connectivity index (χ1n) is 5.14. The van der Waals surface area contributed by atoms with E-state index in [1.807, 2.05) is 13.8 Å². The van der Waals surface area contributed by atoms with E-state index in [4.69, 9.17) is 34.8 Å². The van der Waals surface area contributed by atoms with Crippen molar-refractivity contribution in [1.82, 2.24) is 9.97 Å². The molecule has 0 aliphatic rings. The van der Waals surface area contributed by atoms with Crippen molar-refractivity contribution in [2.75, 3.05) is 0 Å². The summed E-state index contributed by atoms with van der Waals surface area (Å²) < 4.78 is -1.21. The van der Waals surface area contributed by atoms with Crippen LogP contribution in [0.5, 0.6) is 0 Å². The molecule has 3 nitrogen and oxygen atoms in total. The topological polar surface area (TPSA) is 45.8 Å². The number of halogens is 4. The lowest BCUT2D eigenvalue weighted by Crippen LogP contribution is -2.18. The van der Waals surface area contributed by atoms with Gasteiger partial charge in [-0.05, 0) is 22.0 Å². The summed E-state index contributed by atoms with van der Waals surface area (Å²) in [5.41, 5.74) is 0.879. The summed E-state index contributed by atoms with van der Waals surface area (Å²) in [7, 11) is 0. The molecule has 0 saturated heterocycles. The molecule has 0 aliphatic heterocycles. The fourth-order valence-electron chi connectivity index (χ4n) is 1.32. The van der Waals surface area contributed by atoms with E-state index in [0.717, 1.165) is 4.47 Å². The van der Waals surface area contributed by atoms with E-state index < -0.39 is 9.58 Å². The van der Waals surface area contributed by atoms with Crippen molar-refractivity contribution in [2.24, 2.45) is 0 Å². The Hall–Kier alpha value is -0.290. The maximum Gasteiger partial charge on any atom is 0.253 e. The van der Waals surface area contributed by atoms with E-state index in [9.17, 15) is 4.79 Å². The van der Waals surface area contributed by atoms with E-state index in [-0.39, 0.29) is 0 Å². The number of carbonyl (C=O) groups is 1. The Kier molecular flexibility index (Phi) is 5.46. The maximum atomic E-state index is 11.8. The van der Waals surface area contributed by atoms with Gasteiger partial charge in [0.25, 0.3) is 3.79 Å². The van der Waals surface area contributed by atoms with Crippen molar-refractivity contribution >= 4 is 67.5 Å². The van der Waals surface area contributed by atoms with Gasteiger partial charge >= 0.3 is 0 Å². The van der Waals surface area contributed by atoms with Crippen molar-refractivity contribution in [3.05, 3.63) is 28.5 Å². The zero-order chi connectivity index (χ0) is 13.9. The van der Waals surface area contributed by atoms with E-state index in [1.165, 1.54) is 6.20 Å². The second-order valence-corrected chi connectivity index (χ2v) is 6.28. The Morgan fingerprint density at radius 2 is 2.00 bits per heavy atom. The van der Waals surface area contributed by atoms with Crippen LogP contribution in [0.2, 0.25) is 0 Å². The lowest BCUT2D eigenvalue weighted by atomic mass is 10.1. The molecule has 0 fully saturated rings. The first-order chi connectivity index (χ1) is 8.39. The zero-order valence-corrected chi connectivity index (χ0v) is 13.5. The van der Waals surface area contributed by atoms with Crippen molar-refractivity contribution in [1.29, 1.82) is 0 Å². The Bertz CT molecular complexity index is 563. The number of H-pyrrole nitrogens is 1. The van der Waals surface area contributed by atoms with Crippen LogP contribution in [-0.4, -0.2) is 19.5 Å². The molecule has 0 aromatic carbocycles. The molecule has 0 aliphatic carbocycles. The van der Waals surface area contributed by atoms with Gasteiger partial charge in [-0.25, -0.2) is 4.98 Å². The number of aromatic nitrogens is 2. The third-order valence-electron chi connectivity index (χ3n) is 2.00. The number of carbonyl (C=O) groups excluding carboxylic acids is 1. The van der Waals surface area contributed by atoms with Crippen LogP contribution in [0.4, 0.5) is 0 Å². The van der Waals surface area contributed by atoms with Gasteiger partial charge in [0.2, 0.25) is 5.78 Å². The second-order valence-electron chi connectivity index (χ2n) is 3.08. The molecule has 0 unspecified atom stereocenters. The van der Waals surface area contributed by atoms with Gasteiger partial charge in [-0.2, -0.15) is 0 Å². The van der Waals surface area contributed by atoms with Crippen molar-refractivity contribution in [3.63, 3.8) is 0 Å². The Morgan fingerprint density at radius 1 is 1.39 bits per heavy atom. The number of hydrogen-bond acceptors (Lipinski definition) is 2. The molecule has 2 rings (SSSR count). The first kappa shape index (κ1) is 15.8.